The summed E-state index contributed by atoms with van der Waals surface area (Å²) in [6.45, 7) is 2.04. The van der Waals surface area contributed by atoms with Gasteiger partial charge in [0.2, 0.25) is 5.91 Å². The molecule has 0 bridgehead atoms. The van der Waals surface area contributed by atoms with Crippen molar-refractivity contribution in [2.24, 2.45) is 0 Å². The first-order valence-corrected chi connectivity index (χ1v) is 7.81. The topological polar surface area (TPSA) is 54.9 Å². The molecule has 0 aromatic carbocycles. The van der Waals surface area contributed by atoms with Gasteiger partial charge in [-0.1, -0.05) is 31.0 Å². The fourth-order valence-corrected chi connectivity index (χ4v) is 2.34. The van der Waals surface area contributed by atoms with Crippen LogP contribution < -0.4 is 5.32 Å². The van der Waals surface area contributed by atoms with E-state index < -0.39 is 0 Å². The highest BCUT2D eigenvalue weighted by Crippen LogP contribution is 2.23. The summed E-state index contributed by atoms with van der Waals surface area (Å²) >= 11 is 9.10. The number of rotatable bonds is 5. The predicted octanol–water partition coefficient (Wildman–Crippen LogP) is 4.41. The molecule has 0 spiro atoms. The van der Waals surface area contributed by atoms with Gasteiger partial charge in [0.25, 0.3) is 0 Å². The molecule has 6 heteroatoms. The molecule has 1 amide bonds. The number of pyridine rings is 2. The van der Waals surface area contributed by atoms with Crippen LogP contribution in [0.1, 0.15) is 31.2 Å². The number of amides is 1. The van der Waals surface area contributed by atoms with Gasteiger partial charge in [-0.05, 0) is 46.1 Å². The lowest BCUT2D eigenvalue weighted by Gasteiger charge is -2.16. The van der Waals surface area contributed by atoms with Gasteiger partial charge < -0.3 is 5.32 Å². The Morgan fingerprint density at radius 3 is 2.67 bits per heavy atom. The predicted molar refractivity (Wildman–Crippen MR) is 87.5 cm³/mol. The molecule has 0 fully saturated rings. The SMILES string of the molecule is CCCC(C(=O)Nc1ccc(Br)cn1)c1ccc(Cl)nc1. The summed E-state index contributed by atoms with van der Waals surface area (Å²) in [6, 6.07) is 7.13. The van der Waals surface area contributed by atoms with Crippen LogP contribution in [0.3, 0.4) is 0 Å². The minimum atomic E-state index is -0.259. The highest BCUT2D eigenvalue weighted by atomic mass is 79.9. The van der Waals surface area contributed by atoms with Crippen molar-refractivity contribution < 1.29 is 4.79 Å². The number of nitrogens with zero attached hydrogens (tertiary/aromatic N) is 2. The summed E-state index contributed by atoms with van der Waals surface area (Å²) in [5.41, 5.74) is 0.857. The number of halogens is 2. The fraction of sp³-hybridized carbons (Fsp3) is 0.267. The number of nitrogens with one attached hydrogen (secondary N) is 1. The number of hydrogen-bond donors (Lipinski definition) is 1. The normalized spacial score (nSPS) is 12.0. The van der Waals surface area contributed by atoms with Gasteiger partial charge in [-0.2, -0.15) is 0 Å². The monoisotopic (exact) mass is 367 g/mol. The molecule has 4 nitrogen and oxygen atoms in total. The Kier molecular flexibility index (Phi) is 5.70. The van der Waals surface area contributed by atoms with Crippen molar-refractivity contribution in [2.45, 2.75) is 25.7 Å². The van der Waals surface area contributed by atoms with E-state index >= 15 is 0 Å². The molecule has 2 aromatic rings. The first-order chi connectivity index (χ1) is 10.1. The van der Waals surface area contributed by atoms with Crippen LogP contribution in [0.4, 0.5) is 5.82 Å². The van der Waals surface area contributed by atoms with Crippen molar-refractivity contribution in [3.63, 3.8) is 0 Å². The van der Waals surface area contributed by atoms with E-state index in [4.69, 9.17) is 11.6 Å². The van der Waals surface area contributed by atoms with Crippen LogP contribution in [0.5, 0.6) is 0 Å². The highest BCUT2D eigenvalue weighted by molar-refractivity contribution is 9.10. The molecule has 2 heterocycles. The van der Waals surface area contributed by atoms with Crippen molar-refractivity contribution in [3.05, 3.63) is 51.8 Å². The second-order valence-electron chi connectivity index (χ2n) is 4.61. The minimum absolute atomic E-state index is 0.0872. The zero-order chi connectivity index (χ0) is 15.2. The van der Waals surface area contributed by atoms with E-state index in [1.54, 1.807) is 24.5 Å². The average Bonchev–Trinajstić information content (AvgIpc) is 2.48. The number of hydrogen-bond acceptors (Lipinski definition) is 3. The maximum Gasteiger partial charge on any atom is 0.233 e. The van der Waals surface area contributed by atoms with Gasteiger partial charge in [0.05, 0.1) is 5.92 Å². The Balaban J connectivity index is 2.15. The summed E-state index contributed by atoms with van der Waals surface area (Å²) in [5, 5.41) is 3.26. The minimum Gasteiger partial charge on any atom is -0.310 e. The summed E-state index contributed by atoms with van der Waals surface area (Å²) in [7, 11) is 0. The van der Waals surface area contributed by atoms with Gasteiger partial charge >= 0.3 is 0 Å². The zero-order valence-electron chi connectivity index (χ0n) is 11.5. The molecule has 2 rings (SSSR count). The second-order valence-corrected chi connectivity index (χ2v) is 5.91. The maximum absolute atomic E-state index is 12.4. The Bertz CT molecular complexity index is 601. The van der Waals surface area contributed by atoms with Crippen molar-refractivity contribution in [3.8, 4) is 0 Å². The zero-order valence-corrected chi connectivity index (χ0v) is 13.9. The van der Waals surface area contributed by atoms with Crippen LogP contribution in [0.25, 0.3) is 0 Å². The summed E-state index contributed by atoms with van der Waals surface area (Å²) in [4.78, 5) is 20.6. The van der Waals surface area contributed by atoms with Gasteiger partial charge in [0.1, 0.15) is 11.0 Å². The van der Waals surface area contributed by atoms with E-state index in [1.807, 2.05) is 19.1 Å². The molecule has 0 aliphatic rings. The molecule has 1 atom stereocenters. The van der Waals surface area contributed by atoms with E-state index in [9.17, 15) is 4.79 Å². The van der Waals surface area contributed by atoms with Gasteiger partial charge in [0.15, 0.2) is 0 Å². The first-order valence-electron chi connectivity index (χ1n) is 6.64. The third kappa shape index (κ3) is 4.51. The first kappa shape index (κ1) is 15.9. The van der Waals surface area contributed by atoms with E-state index in [1.165, 1.54) is 0 Å². The molecular weight excluding hydrogens is 354 g/mol. The lowest BCUT2D eigenvalue weighted by atomic mass is 9.95. The summed E-state index contributed by atoms with van der Waals surface area (Å²) in [5.74, 6) is 0.187. The molecule has 0 aliphatic heterocycles. The van der Waals surface area contributed by atoms with Gasteiger partial charge in [-0.3, -0.25) is 4.79 Å². The molecular formula is C15H15BrClN3O. The van der Waals surface area contributed by atoms with Gasteiger partial charge in [-0.25, -0.2) is 9.97 Å². The summed E-state index contributed by atoms with van der Waals surface area (Å²) in [6.07, 6.45) is 4.94. The number of aromatic nitrogens is 2. The number of anilines is 1. The second kappa shape index (κ2) is 7.52. The summed E-state index contributed by atoms with van der Waals surface area (Å²) < 4.78 is 0.868. The number of carbonyl (C=O) groups excluding carboxylic acids is 1. The van der Waals surface area contributed by atoms with E-state index in [0.717, 1.165) is 22.9 Å². The lowest BCUT2D eigenvalue weighted by Crippen LogP contribution is -2.21. The molecule has 21 heavy (non-hydrogen) atoms. The smallest absolute Gasteiger partial charge is 0.233 e. The standard InChI is InChI=1S/C15H15BrClN3O/c1-2-3-12(10-4-6-13(17)18-8-10)15(21)20-14-7-5-11(16)9-19-14/h4-9,12H,2-3H2,1H3,(H,19,20,21). The van der Waals surface area contributed by atoms with Crippen LogP contribution in [0.15, 0.2) is 41.1 Å². The Hall–Kier alpha value is -1.46. The molecule has 2 aromatic heterocycles. The lowest BCUT2D eigenvalue weighted by molar-refractivity contribution is -0.117. The van der Waals surface area contributed by atoms with Crippen molar-refractivity contribution in [1.29, 1.82) is 0 Å². The van der Waals surface area contributed by atoms with Crippen LogP contribution in [0.2, 0.25) is 5.15 Å². The molecule has 1 N–H and O–H groups in total. The van der Waals surface area contributed by atoms with E-state index in [0.29, 0.717) is 11.0 Å². The highest BCUT2D eigenvalue weighted by Gasteiger charge is 2.20. The average molecular weight is 369 g/mol. The fourth-order valence-electron chi connectivity index (χ4n) is 1.99. The maximum atomic E-state index is 12.4. The van der Waals surface area contributed by atoms with Crippen LogP contribution >= 0.6 is 27.5 Å². The van der Waals surface area contributed by atoms with E-state index in [2.05, 4.69) is 31.2 Å². The number of carbonyl (C=O) groups is 1. The molecule has 1 unspecified atom stereocenters. The quantitative estimate of drug-likeness (QED) is 0.795. The Labute approximate surface area is 137 Å². The van der Waals surface area contributed by atoms with Crippen molar-refractivity contribution >= 4 is 39.3 Å². The molecule has 0 saturated carbocycles. The molecule has 0 radical (unpaired) electrons. The van der Waals surface area contributed by atoms with Gasteiger partial charge in [-0.15, -0.1) is 0 Å². The van der Waals surface area contributed by atoms with Crippen LogP contribution in [-0.2, 0) is 4.79 Å². The van der Waals surface area contributed by atoms with Crippen molar-refractivity contribution in [2.75, 3.05) is 5.32 Å². The molecule has 110 valence electrons. The molecule has 0 aliphatic carbocycles. The largest absolute Gasteiger partial charge is 0.310 e. The van der Waals surface area contributed by atoms with Crippen molar-refractivity contribution in [1.82, 2.24) is 9.97 Å². The van der Waals surface area contributed by atoms with Crippen LogP contribution in [0, 0.1) is 0 Å². The third-order valence-corrected chi connectivity index (χ3v) is 3.72. The Morgan fingerprint density at radius 1 is 1.29 bits per heavy atom. The molecule has 0 saturated heterocycles. The third-order valence-electron chi connectivity index (χ3n) is 3.03. The van der Waals surface area contributed by atoms with Gasteiger partial charge in [0, 0.05) is 16.9 Å². The van der Waals surface area contributed by atoms with Crippen LogP contribution in [-0.4, -0.2) is 15.9 Å². The Morgan fingerprint density at radius 2 is 2.10 bits per heavy atom. The van der Waals surface area contributed by atoms with E-state index in [-0.39, 0.29) is 11.8 Å².